The largest absolute Gasteiger partial charge is 0.552 e. The Morgan fingerprint density at radius 2 is 1.77 bits per heavy atom. The van der Waals surface area contributed by atoms with Gasteiger partial charge in [0.25, 0.3) is 5.91 Å². The van der Waals surface area contributed by atoms with E-state index in [9.17, 15) is 29.4 Å². The summed E-state index contributed by atoms with van der Waals surface area (Å²) in [7, 11) is -0.368. The van der Waals surface area contributed by atoms with E-state index in [1.54, 1.807) is 12.1 Å². The Bertz CT molecular complexity index is 1180. The summed E-state index contributed by atoms with van der Waals surface area (Å²) in [6.45, 7) is 5.02. The molecule has 2 heterocycles. The zero-order valence-corrected chi connectivity index (χ0v) is 22.1. The molecule has 4 N–H and O–H groups in total. The van der Waals surface area contributed by atoms with Crippen molar-refractivity contribution in [2.45, 2.75) is 57.5 Å². The Labute approximate surface area is 226 Å². The Morgan fingerprint density at radius 1 is 1.08 bits per heavy atom. The Morgan fingerprint density at radius 3 is 2.38 bits per heavy atom. The van der Waals surface area contributed by atoms with E-state index in [0.29, 0.717) is 5.69 Å². The van der Waals surface area contributed by atoms with E-state index >= 15 is 0 Å². The number of nitrogens with one attached hydrogen (secondary N) is 2. The molecule has 1 saturated heterocycles. The van der Waals surface area contributed by atoms with Crippen LogP contribution in [0.15, 0.2) is 48.5 Å². The van der Waals surface area contributed by atoms with E-state index in [1.807, 2.05) is 44.2 Å². The minimum Gasteiger partial charge on any atom is -0.506 e. The number of aliphatic hydroxyl groups is 2. The first kappa shape index (κ1) is 29.7. The molecule has 1 aromatic heterocycles. The SMILES string of the molecule is COC(=O)[C@@H]1OB([C@H](CC(C)C)NC(=O)C(NC(=O)c2cccc(-c3ccccc3)n2)[C@@H](C)O)OC(=O)[C@@H]1O. The van der Waals surface area contributed by atoms with Crippen LogP contribution in [0.3, 0.4) is 0 Å². The van der Waals surface area contributed by atoms with Crippen molar-refractivity contribution >= 4 is 30.9 Å². The monoisotopic (exact) mass is 541 g/mol. The summed E-state index contributed by atoms with van der Waals surface area (Å²) in [5, 5.41) is 25.5. The second-order valence-electron chi connectivity index (χ2n) is 9.54. The molecule has 1 aromatic carbocycles. The van der Waals surface area contributed by atoms with Gasteiger partial charge in [-0.05, 0) is 31.4 Å². The summed E-state index contributed by atoms with van der Waals surface area (Å²) in [6.07, 6.45) is -4.63. The van der Waals surface area contributed by atoms with Crippen molar-refractivity contribution < 1.29 is 43.4 Å². The highest BCUT2D eigenvalue weighted by atomic mass is 16.7. The van der Waals surface area contributed by atoms with Crippen molar-refractivity contribution in [3.8, 4) is 11.3 Å². The summed E-state index contributed by atoms with van der Waals surface area (Å²) in [5.41, 5.74) is 1.38. The van der Waals surface area contributed by atoms with E-state index in [1.165, 1.54) is 13.0 Å². The van der Waals surface area contributed by atoms with Crippen molar-refractivity contribution in [1.29, 1.82) is 0 Å². The highest BCUT2D eigenvalue weighted by Crippen LogP contribution is 2.20. The van der Waals surface area contributed by atoms with Gasteiger partial charge in [-0.2, -0.15) is 0 Å². The number of hydrogen-bond donors (Lipinski definition) is 4. The number of nitrogens with zero attached hydrogens (tertiary/aromatic N) is 1. The number of carbonyl (C=O) groups excluding carboxylic acids is 4. The highest BCUT2D eigenvalue weighted by Gasteiger charge is 2.50. The van der Waals surface area contributed by atoms with Crippen molar-refractivity contribution in [2.24, 2.45) is 5.92 Å². The van der Waals surface area contributed by atoms with Gasteiger partial charge in [0.05, 0.1) is 24.8 Å². The molecule has 208 valence electrons. The molecule has 2 amide bonds. The quantitative estimate of drug-likeness (QED) is 0.241. The first-order valence-corrected chi connectivity index (χ1v) is 12.5. The van der Waals surface area contributed by atoms with E-state index in [4.69, 9.17) is 9.31 Å². The fourth-order valence-electron chi connectivity index (χ4n) is 4.00. The van der Waals surface area contributed by atoms with Crippen molar-refractivity contribution in [2.75, 3.05) is 7.11 Å². The zero-order valence-electron chi connectivity index (χ0n) is 22.1. The van der Waals surface area contributed by atoms with E-state index < -0.39 is 61.2 Å². The fraction of sp³-hybridized carbons (Fsp3) is 0.423. The van der Waals surface area contributed by atoms with Gasteiger partial charge in [0, 0.05) is 5.56 Å². The number of methoxy groups -OCH3 is 1. The lowest BCUT2D eigenvalue weighted by Crippen LogP contribution is -2.63. The molecule has 2 aromatic rings. The first-order chi connectivity index (χ1) is 18.5. The lowest BCUT2D eigenvalue weighted by atomic mass is 9.72. The predicted octanol–water partition coefficient (Wildman–Crippen LogP) is 0.262. The molecule has 0 aliphatic carbocycles. The Kier molecular flexibility index (Phi) is 10.2. The Balaban J connectivity index is 1.77. The van der Waals surface area contributed by atoms with Gasteiger partial charge in [-0.1, -0.05) is 50.2 Å². The van der Waals surface area contributed by atoms with Crippen molar-refractivity contribution in [3.05, 3.63) is 54.2 Å². The predicted molar refractivity (Wildman–Crippen MR) is 139 cm³/mol. The number of esters is 1. The minimum atomic E-state index is -1.90. The van der Waals surface area contributed by atoms with Crippen LogP contribution in [0.2, 0.25) is 0 Å². The number of rotatable bonds is 10. The number of hydrogen-bond acceptors (Lipinski definition) is 10. The van der Waals surface area contributed by atoms with Gasteiger partial charge in [0.15, 0.2) is 12.2 Å². The molecular formula is C26H32BN3O9. The van der Waals surface area contributed by atoms with Gasteiger partial charge in [-0.3, -0.25) is 14.4 Å². The van der Waals surface area contributed by atoms with Gasteiger partial charge in [-0.15, -0.1) is 0 Å². The van der Waals surface area contributed by atoms with Crippen LogP contribution in [0.25, 0.3) is 11.3 Å². The molecular weight excluding hydrogens is 509 g/mol. The highest BCUT2D eigenvalue weighted by molar-refractivity contribution is 6.50. The number of aromatic nitrogens is 1. The van der Waals surface area contributed by atoms with Gasteiger partial charge in [0.2, 0.25) is 5.91 Å². The van der Waals surface area contributed by atoms with Crippen LogP contribution in [-0.2, 0) is 28.4 Å². The van der Waals surface area contributed by atoms with Crippen molar-refractivity contribution in [1.82, 2.24) is 15.6 Å². The molecule has 0 radical (unpaired) electrons. The second kappa shape index (κ2) is 13.3. The summed E-state index contributed by atoms with van der Waals surface area (Å²) in [5.74, 6) is -4.61. The number of pyridine rings is 1. The lowest BCUT2D eigenvalue weighted by Gasteiger charge is -2.34. The zero-order chi connectivity index (χ0) is 28.7. The standard InChI is InChI=1S/C26H32BN3O9/c1-14(2)13-19(27-38-22(26(36)37-4)21(32)25(35)39-27)29-24(34)20(15(3)31)30-23(33)18-12-8-11-17(28-18)16-9-6-5-7-10-16/h5-12,14-15,19-22,31-32H,13H2,1-4H3,(H,29,34)(H,30,33)/t15-,19+,20?,21-,22-/m1/s1. The lowest BCUT2D eigenvalue weighted by molar-refractivity contribution is -0.174. The second-order valence-corrected chi connectivity index (χ2v) is 9.54. The van der Waals surface area contributed by atoms with Crippen LogP contribution in [0, 0.1) is 5.92 Å². The average molecular weight is 541 g/mol. The van der Waals surface area contributed by atoms with Crippen LogP contribution in [-0.4, -0.2) is 83.5 Å². The maximum absolute atomic E-state index is 13.2. The summed E-state index contributed by atoms with van der Waals surface area (Å²) in [4.78, 5) is 54.8. The van der Waals surface area contributed by atoms with E-state index in [2.05, 4.69) is 20.4 Å². The molecule has 5 atom stereocenters. The number of aliphatic hydroxyl groups excluding tert-OH is 2. The van der Waals surface area contributed by atoms with Gasteiger partial charge in [0.1, 0.15) is 11.7 Å². The smallest absolute Gasteiger partial charge is 0.506 e. The molecule has 1 unspecified atom stereocenters. The van der Waals surface area contributed by atoms with Crippen LogP contribution >= 0.6 is 0 Å². The van der Waals surface area contributed by atoms with Crippen LogP contribution in [0.4, 0.5) is 0 Å². The number of ether oxygens (including phenoxy) is 1. The number of benzene rings is 1. The van der Waals surface area contributed by atoms with Crippen LogP contribution in [0.1, 0.15) is 37.7 Å². The summed E-state index contributed by atoms with van der Waals surface area (Å²) >= 11 is 0. The number of carbonyl (C=O) groups is 4. The normalized spacial score (nSPS) is 19.5. The molecule has 13 heteroatoms. The molecule has 1 aliphatic heterocycles. The summed E-state index contributed by atoms with van der Waals surface area (Å²) < 4.78 is 15.2. The fourth-order valence-corrected chi connectivity index (χ4v) is 4.00. The molecule has 1 fully saturated rings. The van der Waals surface area contributed by atoms with E-state index in [0.717, 1.165) is 12.7 Å². The average Bonchev–Trinajstić information content (AvgIpc) is 2.92. The maximum Gasteiger partial charge on any atom is 0.552 e. The van der Waals surface area contributed by atoms with Crippen molar-refractivity contribution in [3.63, 3.8) is 0 Å². The number of amides is 2. The Hall–Kier alpha value is -3.81. The van der Waals surface area contributed by atoms with Gasteiger partial charge < -0.3 is 34.9 Å². The molecule has 0 bridgehead atoms. The topological polar surface area (TPSA) is 173 Å². The maximum atomic E-state index is 13.2. The third-order valence-corrected chi connectivity index (χ3v) is 5.96. The summed E-state index contributed by atoms with van der Waals surface area (Å²) in [6, 6.07) is 12.7. The minimum absolute atomic E-state index is 0.0352. The molecule has 3 rings (SSSR count). The third-order valence-electron chi connectivity index (χ3n) is 5.96. The molecule has 12 nitrogen and oxygen atoms in total. The van der Waals surface area contributed by atoms with Gasteiger partial charge in [-0.25, -0.2) is 9.78 Å². The molecule has 1 aliphatic rings. The molecule has 0 spiro atoms. The molecule has 0 saturated carbocycles. The van der Waals surface area contributed by atoms with Crippen LogP contribution < -0.4 is 10.6 Å². The van der Waals surface area contributed by atoms with Crippen LogP contribution in [0.5, 0.6) is 0 Å². The first-order valence-electron chi connectivity index (χ1n) is 12.5. The molecule has 39 heavy (non-hydrogen) atoms. The third kappa shape index (κ3) is 7.62. The van der Waals surface area contributed by atoms with Gasteiger partial charge >= 0.3 is 19.1 Å². The van der Waals surface area contributed by atoms with E-state index in [-0.39, 0.29) is 18.0 Å².